The maximum atomic E-state index is 12.9. The van der Waals surface area contributed by atoms with Gasteiger partial charge in [-0.15, -0.1) is 0 Å². The van der Waals surface area contributed by atoms with Crippen molar-refractivity contribution in [2.45, 2.75) is 25.4 Å². The highest BCUT2D eigenvalue weighted by Gasteiger charge is 2.36. The van der Waals surface area contributed by atoms with Crippen LogP contribution in [0.3, 0.4) is 0 Å². The van der Waals surface area contributed by atoms with Crippen LogP contribution in [-0.2, 0) is 27.6 Å². The lowest BCUT2D eigenvalue weighted by molar-refractivity contribution is -0.125. The van der Waals surface area contributed by atoms with Crippen molar-refractivity contribution in [2.24, 2.45) is 0 Å². The molecule has 0 aliphatic carbocycles. The molecule has 0 spiro atoms. The molecule has 2 aromatic carbocycles. The summed E-state index contributed by atoms with van der Waals surface area (Å²) >= 11 is 5.88. The Kier molecular flexibility index (Phi) is 6.59. The number of nitrogens with one attached hydrogen (secondary N) is 1. The molecule has 0 radical (unpaired) electrons. The molecule has 0 bridgehead atoms. The highest BCUT2D eigenvalue weighted by molar-refractivity contribution is 7.90. The summed E-state index contributed by atoms with van der Waals surface area (Å²) in [5, 5.41) is 3.49. The van der Waals surface area contributed by atoms with Gasteiger partial charge in [-0.3, -0.25) is 9.59 Å². The quantitative estimate of drug-likeness (QED) is 0.691. The summed E-state index contributed by atoms with van der Waals surface area (Å²) in [7, 11) is -3.27. The molecule has 8 heteroatoms. The number of rotatable bonds is 8. The van der Waals surface area contributed by atoms with E-state index in [-0.39, 0.29) is 24.0 Å². The molecule has 29 heavy (non-hydrogen) atoms. The maximum absolute atomic E-state index is 12.9. The van der Waals surface area contributed by atoms with Gasteiger partial charge in [-0.25, -0.2) is 8.42 Å². The van der Waals surface area contributed by atoms with Gasteiger partial charge < -0.3 is 10.2 Å². The summed E-state index contributed by atoms with van der Waals surface area (Å²) in [5.74, 6) is -0.752. The van der Waals surface area contributed by atoms with E-state index in [0.717, 1.165) is 17.4 Å². The molecule has 3 rings (SSSR count). The predicted octanol–water partition coefficient (Wildman–Crippen LogP) is 2.46. The van der Waals surface area contributed by atoms with Crippen LogP contribution < -0.4 is 5.32 Å². The van der Waals surface area contributed by atoms with Gasteiger partial charge in [-0.05, 0) is 42.2 Å². The van der Waals surface area contributed by atoms with E-state index in [1.165, 1.54) is 4.90 Å². The molecule has 154 valence electrons. The van der Waals surface area contributed by atoms with Crippen LogP contribution >= 0.6 is 11.6 Å². The minimum absolute atomic E-state index is 0.0609. The van der Waals surface area contributed by atoms with Crippen LogP contribution in [0.1, 0.15) is 27.9 Å². The number of halogens is 1. The van der Waals surface area contributed by atoms with Crippen LogP contribution in [0, 0.1) is 0 Å². The Morgan fingerprint density at radius 2 is 1.86 bits per heavy atom. The van der Waals surface area contributed by atoms with Gasteiger partial charge in [-0.1, -0.05) is 41.9 Å². The molecular formula is C21H23ClN2O4S. The van der Waals surface area contributed by atoms with Crippen LogP contribution in [0.5, 0.6) is 0 Å². The second-order valence-electron chi connectivity index (χ2n) is 7.19. The molecule has 2 aromatic rings. The fourth-order valence-electron chi connectivity index (χ4n) is 3.38. The normalized spacial score (nSPS) is 14.6. The van der Waals surface area contributed by atoms with E-state index in [2.05, 4.69) is 5.32 Å². The first-order chi connectivity index (χ1) is 13.7. The minimum Gasteiger partial charge on any atom is -0.354 e. The molecular weight excluding hydrogens is 412 g/mol. The van der Waals surface area contributed by atoms with Crippen molar-refractivity contribution < 1.29 is 18.0 Å². The van der Waals surface area contributed by atoms with Crippen molar-refractivity contribution in [3.8, 4) is 0 Å². The summed E-state index contributed by atoms with van der Waals surface area (Å²) in [5.41, 5.74) is 2.42. The second-order valence-corrected chi connectivity index (χ2v) is 9.89. The zero-order chi connectivity index (χ0) is 21.0. The first-order valence-electron chi connectivity index (χ1n) is 9.33. The number of hydrogen-bond acceptors (Lipinski definition) is 4. The molecule has 0 saturated heterocycles. The van der Waals surface area contributed by atoms with Crippen molar-refractivity contribution in [1.82, 2.24) is 10.2 Å². The number of hydrogen-bond donors (Lipinski definition) is 1. The van der Waals surface area contributed by atoms with Gasteiger partial charge in [0.1, 0.15) is 15.9 Å². The topological polar surface area (TPSA) is 83.6 Å². The molecule has 2 amide bonds. The van der Waals surface area contributed by atoms with Crippen molar-refractivity contribution in [3.05, 3.63) is 70.2 Å². The molecule has 1 aliphatic heterocycles. The number of carbonyl (C=O) groups excluding carboxylic acids is 2. The van der Waals surface area contributed by atoms with E-state index in [9.17, 15) is 18.0 Å². The van der Waals surface area contributed by atoms with Crippen LogP contribution in [-0.4, -0.2) is 49.7 Å². The first-order valence-corrected chi connectivity index (χ1v) is 11.8. The molecule has 1 atom stereocenters. The lowest BCUT2D eigenvalue weighted by Gasteiger charge is -2.26. The number of benzene rings is 2. The average molecular weight is 435 g/mol. The highest BCUT2D eigenvalue weighted by atomic mass is 35.5. The van der Waals surface area contributed by atoms with Crippen LogP contribution in [0.4, 0.5) is 0 Å². The van der Waals surface area contributed by atoms with E-state index < -0.39 is 15.9 Å². The van der Waals surface area contributed by atoms with Gasteiger partial charge in [0.2, 0.25) is 5.91 Å². The summed E-state index contributed by atoms with van der Waals surface area (Å²) < 4.78 is 23.3. The summed E-state index contributed by atoms with van der Waals surface area (Å²) in [6, 6.07) is 13.7. The molecule has 1 N–H and O–H groups in total. The van der Waals surface area contributed by atoms with E-state index in [0.29, 0.717) is 30.1 Å². The number of carbonyl (C=O) groups is 2. The third kappa shape index (κ3) is 5.58. The monoisotopic (exact) mass is 434 g/mol. The number of amides is 2. The lowest BCUT2D eigenvalue weighted by Crippen LogP contribution is -2.48. The Morgan fingerprint density at radius 1 is 1.17 bits per heavy atom. The smallest absolute Gasteiger partial charge is 0.255 e. The second kappa shape index (κ2) is 8.97. The van der Waals surface area contributed by atoms with Crippen molar-refractivity contribution in [2.75, 3.05) is 18.6 Å². The molecule has 6 nitrogen and oxygen atoms in total. The molecule has 1 aliphatic rings. The van der Waals surface area contributed by atoms with Gasteiger partial charge in [-0.2, -0.15) is 0 Å². The molecule has 0 aromatic heterocycles. The van der Waals surface area contributed by atoms with Gasteiger partial charge in [0.25, 0.3) is 5.91 Å². The summed E-state index contributed by atoms with van der Waals surface area (Å²) in [6.45, 7) is 0.679. The fourth-order valence-corrected chi connectivity index (χ4v) is 4.16. The molecule has 0 unspecified atom stereocenters. The van der Waals surface area contributed by atoms with Crippen LogP contribution in [0.2, 0.25) is 5.02 Å². The largest absolute Gasteiger partial charge is 0.354 e. The fraction of sp³-hybridized carbons (Fsp3) is 0.333. The molecule has 0 saturated carbocycles. The number of nitrogens with zero attached hydrogens (tertiary/aromatic N) is 1. The van der Waals surface area contributed by atoms with Gasteiger partial charge in [0.15, 0.2) is 0 Å². The van der Waals surface area contributed by atoms with E-state index in [4.69, 9.17) is 11.6 Å². The highest BCUT2D eigenvalue weighted by Crippen LogP contribution is 2.25. The predicted molar refractivity (Wildman–Crippen MR) is 113 cm³/mol. The standard InChI is InChI=1S/C21H23ClN2O4S/c1-29(27,28)13-11-19(24-14-16-4-2-3-5-18(16)21(24)26)20(25)23-12-10-15-6-8-17(22)9-7-15/h2-9,19H,10-14H2,1H3,(H,23,25)/t19-/m0/s1. The molecule has 1 heterocycles. The van der Waals surface area contributed by atoms with Crippen molar-refractivity contribution in [3.63, 3.8) is 0 Å². The minimum atomic E-state index is -3.27. The van der Waals surface area contributed by atoms with E-state index in [1.54, 1.807) is 24.3 Å². The average Bonchev–Trinajstić information content (AvgIpc) is 2.99. The molecule has 0 fully saturated rings. The first kappa shape index (κ1) is 21.3. The van der Waals surface area contributed by atoms with E-state index in [1.807, 2.05) is 24.3 Å². The van der Waals surface area contributed by atoms with Gasteiger partial charge in [0.05, 0.1) is 5.75 Å². The Balaban J connectivity index is 1.69. The third-order valence-electron chi connectivity index (χ3n) is 4.92. The maximum Gasteiger partial charge on any atom is 0.255 e. The Bertz CT molecular complexity index is 1010. The summed E-state index contributed by atoms with van der Waals surface area (Å²) in [4.78, 5) is 27.1. The summed E-state index contributed by atoms with van der Waals surface area (Å²) in [6.07, 6.45) is 1.80. The number of fused-ring (bicyclic) bond motifs is 1. The van der Waals surface area contributed by atoms with Gasteiger partial charge >= 0.3 is 0 Å². The van der Waals surface area contributed by atoms with Crippen molar-refractivity contribution >= 4 is 33.3 Å². The number of sulfone groups is 1. The zero-order valence-corrected chi connectivity index (χ0v) is 17.7. The Hall–Kier alpha value is -2.38. The van der Waals surface area contributed by atoms with Crippen LogP contribution in [0.15, 0.2) is 48.5 Å². The zero-order valence-electron chi connectivity index (χ0n) is 16.1. The SMILES string of the molecule is CS(=O)(=O)CC[C@@H](C(=O)NCCc1ccc(Cl)cc1)N1Cc2ccccc2C1=O. The third-order valence-corrected chi connectivity index (χ3v) is 6.15. The van der Waals surface area contributed by atoms with Gasteiger partial charge in [0, 0.05) is 29.9 Å². The Labute approximate surface area is 175 Å². The van der Waals surface area contributed by atoms with E-state index >= 15 is 0 Å². The lowest BCUT2D eigenvalue weighted by atomic mass is 10.1. The van der Waals surface area contributed by atoms with Crippen molar-refractivity contribution in [1.29, 1.82) is 0 Å². The Morgan fingerprint density at radius 3 is 2.52 bits per heavy atom. The van der Waals surface area contributed by atoms with Crippen LogP contribution in [0.25, 0.3) is 0 Å².